The van der Waals surface area contributed by atoms with Crippen LogP contribution in [0.4, 0.5) is 4.79 Å². The van der Waals surface area contributed by atoms with Crippen LogP contribution in [0.1, 0.15) is 46.5 Å². The second-order valence-electron chi connectivity index (χ2n) is 8.67. The molecule has 0 aromatic rings. The molecule has 1 spiro atoms. The Morgan fingerprint density at radius 3 is 2.27 bits per heavy atom. The lowest BCUT2D eigenvalue weighted by molar-refractivity contribution is -0.140. The summed E-state index contributed by atoms with van der Waals surface area (Å²) in [5.41, 5.74) is -0.576. The minimum atomic E-state index is -0.789. The highest BCUT2D eigenvalue weighted by molar-refractivity contribution is 6.09. The number of urea groups is 1. The molecule has 2 saturated heterocycles. The first-order valence-electron chi connectivity index (χ1n) is 9.35. The molecule has 2 N–H and O–H groups in total. The van der Waals surface area contributed by atoms with Gasteiger partial charge in [0.25, 0.3) is 5.91 Å². The number of carbonyl (C=O) groups excluding carboxylic acids is 3. The first-order valence-corrected chi connectivity index (χ1v) is 9.35. The molecule has 3 aliphatic rings. The smallest absolute Gasteiger partial charge is 0.325 e. The summed E-state index contributed by atoms with van der Waals surface area (Å²) in [6.07, 6.45) is 3.18. The molecule has 8 heteroatoms. The molecule has 3 fully saturated rings. The molecule has 7 nitrogen and oxygen atoms in total. The minimum Gasteiger partial charge on any atom is -0.339 e. The van der Waals surface area contributed by atoms with Crippen molar-refractivity contribution in [3.05, 3.63) is 0 Å². The van der Waals surface area contributed by atoms with Crippen LogP contribution in [0.25, 0.3) is 0 Å². The lowest BCUT2D eigenvalue weighted by Gasteiger charge is -2.40. The molecular formula is C18H31ClN4O3. The number of piperazine rings is 1. The Kier molecular flexibility index (Phi) is 6.23. The van der Waals surface area contributed by atoms with E-state index in [-0.39, 0.29) is 36.2 Å². The Morgan fingerprint density at radius 1 is 1.15 bits per heavy atom. The van der Waals surface area contributed by atoms with Gasteiger partial charge < -0.3 is 15.5 Å². The van der Waals surface area contributed by atoms with E-state index in [1.54, 1.807) is 4.90 Å². The molecular weight excluding hydrogens is 356 g/mol. The molecule has 2 aliphatic heterocycles. The van der Waals surface area contributed by atoms with Crippen molar-refractivity contribution in [3.8, 4) is 0 Å². The van der Waals surface area contributed by atoms with Crippen LogP contribution in [-0.2, 0) is 9.59 Å². The lowest BCUT2D eigenvalue weighted by atomic mass is 9.67. The van der Waals surface area contributed by atoms with Gasteiger partial charge in [0.1, 0.15) is 12.1 Å². The minimum absolute atomic E-state index is 0. The SMILES string of the molecule is CC(C)(C)C1CCC2(CC1)NC(=O)N(CC(=O)N1CCNCC1)C2=O.Cl. The molecule has 1 aliphatic carbocycles. The highest BCUT2D eigenvalue weighted by Gasteiger charge is 2.53. The van der Waals surface area contributed by atoms with Gasteiger partial charge in [-0.05, 0) is 37.0 Å². The summed E-state index contributed by atoms with van der Waals surface area (Å²) >= 11 is 0. The zero-order valence-corrected chi connectivity index (χ0v) is 16.8. The number of rotatable bonds is 2. The quantitative estimate of drug-likeness (QED) is 0.702. The molecule has 0 bridgehead atoms. The number of hydrogen-bond acceptors (Lipinski definition) is 4. The van der Waals surface area contributed by atoms with E-state index in [9.17, 15) is 14.4 Å². The number of carbonyl (C=O) groups is 3. The second kappa shape index (κ2) is 7.72. The Labute approximate surface area is 161 Å². The molecule has 4 amide bonds. The van der Waals surface area contributed by atoms with E-state index in [4.69, 9.17) is 0 Å². The van der Waals surface area contributed by atoms with Crippen molar-refractivity contribution < 1.29 is 14.4 Å². The third kappa shape index (κ3) is 3.98. The third-order valence-electron chi connectivity index (χ3n) is 6.07. The van der Waals surface area contributed by atoms with Gasteiger partial charge in [0.05, 0.1) is 0 Å². The number of amides is 4. The maximum Gasteiger partial charge on any atom is 0.325 e. The van der Waals surface area contributed by atoms with Crippen molar-refractivity contribution >= 4 is 30.3 Å². The zero-order valence-electron chi connectivity index (χ0n) is 16.0. The second-order valence-corrected chi connectivity index (χ2v) is 8.67. The maximum atomic E-state index is 12.9. The molecule has 0 radical (unpaired) electrons. The molecule has 0 aromatic heterocycles. The zero-order chi connectivity index (χ0) is 18.2. The number of imide groups is 1. The predicted octanol–water partition coefficient (Wildman–Crippen LogP) is 1.37. The lowest BCUT2D eigenvalue weighted by Crippen LogP contribution is -2.52. The highest BCUT2D eigenvalue weighted by atomic mass is 35.5. The molecule has 2 heterocycles. The van der Waals surface area contributed by atoms with Gasteiger partial charge in [-0.2, -0.15) is 0 Å². The van der Waals surface area contributed by atoms with E-state index in [0.717, 1.165) is 30.8 Å². The fourth-order valence-corrected chi connectivity index (χ4v) is 4.28. The number of halogens is 1. The van der Waals surface area contributed by atoms with Crippen LogP contribution in [0.5, 0.6) is 0 Å². The fourth-order valence-electron chi connectivity index (χ4n) is 4.28. The van der Waals surface area contributed by atoms with E-state index >= 15 is 0 Å². The summed E-state index contributed by atoms with van der Waals surface area (Å²) in [6.45, 7) is 9.29. The number of hydrogen-bond donors (Lipinski definition) is 2. The molecule has 0 unspecified atom stereocenters. The van der Waals surface area contributed by atoms with Gasteiger partial charge in [-0.25, -0.2) is 4.79 Å². The first kappa shape index (κ1) is 21.0. The van der Waals surface area contributed by atoms with Crippen LogP contribution in [0, 0.1) is 11.3 Å². The molecule has 26 heavy (non-hydrogen) atoms. The van der Waals surface area contributed by atoms with Crippen molar-refractivity contribution in [1.82, 2.24) is 20.4 Å². The summed E-state index contributed by atoms with van der Waals surface area (Å²) < 4.78 is 0. The number of nitrogens with zero attached hydrogens (tertiary/aromatic N) is 2. The van der Waals surface area contributed by atoms with Gasteiger partial charge in [-0.3, -0.25) is 14.5 Å². The van der Waals surface area contributed by atoms with Crippen LogP contribution >= 0.6 is 12.4 Å². The average molecular weight is 387 g/mol. The molecule has 148 valence electrons. The monoisotopic (exact) mass is 386 g/mol. The van der Waals surface area contributed by atoms with Crippen LogP contribution in [0.15, 0.2) is 0 Å². The summed E-state index contributed by atoms with van der Waals surface area (Å²) in [5, 5.41) is 6.09. The van der Waals surface area contributed by atoms with Gasteiger partial charge in [0.2, 0.25) is 5.91 Å². The largest absolute Gasteiger partial charge is 0.339 e. The van der Waals surface area contributed by atoms with Gasteiger partial charge >= 0.3 is 6.03 Å². The van der Waals surface area contributed by atoms with Crippen LogP contribution in [-0.4, -0.2) is 65.9 Å². The Morgan fingerprint density at radius 2 is 1.73 bits per heavy atom. The topological polar surface area (TPSA) is 81.8 Å². The maximum absolute atomic E-state index is 12.9. The molecule has 0 aromatic carbocycles. The standard InChI is InChI=1S/C18H30N4O3.ClH/c1-17(2,3)13-4-6-18(7-5-13)15(24)22(16(25)20-18)12-14(23)21-10-8-19-9-11-21;/h13,19H,4-12H2,1-3H3,(H,20,25);1H. The van der Waals surface area contributed by atoms with Crippen LogP contribution < -0.4 is 10.6 Å². The molecule has 3 rings (SSSR count). The summed E-state index contributed by atoms with van der Waals surface area (Å²) in [4.78, 5) is 40.6. The summed E-state index contributed by atoms with van der Waals surface area (Å²) in [7, 11) is 0. The highest BCUT2D eigenvalue weighted by Crippen LogP contribution is 2.43. The predicted molar refractivity (Wildman–Crippen MR) is 101 cm³/mol. The van der Waals surface area contributed by atoms with Crippen molar-refractivity contribution in [3.63, 3.8) is 0 Å². The van der Waals surface area contributed by atoms with Crippen molar-refractivity contribution in [2.24, 2.45) is 11.3 Å². The third-order valence-corrected chi connectivity index (χ3v) is 6.07. The van der Waals surface area contributed by atoms with Crippen molar-refractivity contribution in [1.29, 1.82) is 0 Å². The van der Waals surface area contributed by atoms with Crippen molar-refractivity contribution in [2.75, 3.05) is 32.7 Å². The van der Waals surface area contributed by atoms with E-state index in [2.05, 4.69) is 31.4 Å². The Balaban J connectivity index is 0.00000243. The number of nitrogens with one attached hydrogen (secondary N) is 2. The van der Waals surface area contributed by atoms with E-state index in [1.807, 2.05) is 0 Å². The Hall–Kier alpha value is -1.34. The van der Waals surface area contributed by atoms with Crippen molar-refractivity contribution in [2.45, 2.75) is 52.0 Å². The normalized spacial score (nSPS) is 29.6. The fraction of sp³-hybridized carbons (Fsp3) is 0.833. The van der Waals surface area contributed by atoms with Gasteiger partial charge in [-0.15, -0.1) is 12.4 Å². The van der Waals surface area contributed by atoms with E-state index in [0.29, 0.717) is 31.8 Å². The van der Waals surface area contributed by atoms with Gasteiger partial charge in [-0.1, -0.05) is 20.8 Å². The van der Waals surface area contributed by atoms with E-state index < -0.39 is 11.6 Å². The summed E-state index contributed by atoms with van der Waals surface area (Å²) in [5.74, 6) is 0.193. The average Bonchev–Trinajstić information content (AvgIpc) is 2.79. The summed E-state index contributed by atoms with van der Waals surface area (Å²) in [6, 6.07) is -0.414. The van der Waals surface area contributed by atoms with Crippen LogP contribution in [0.3, 0.4) is 0 Å². The van der Waals surface area contributed by atoms with E-state index in [1.165, 1.54) is 0 Å². The van der Waals surface area contributed by atoms with Gasteiger partial charge in [0.15, 0.2) is 0 Å². The van der Waals surface area contributed by atoms with Gasteiger partial charge in [0, 0.05) is 26.2 Å². The molecule has 0 atom stereocenters. The Bertz CT molecular complexity index is 561. The molecule has 1 saturated carbocycles. The first-order chi connectivity index (χ1) is 11.7. The van der Waals surface area contributed by atoms with Crippen LogP contribution in [0.2, 0.25) is 0 Å².